The van der Waals surface area contributed by atoms with Crippen molar-refractivity contribution in [3.63, 3.8) is 0 Å². The summed E-state index contributed by atoms with van der Waals surface area (Å²) in [5.41, 5.74) is -1.54. The van der Waals surface area contributed by atoms with Gasteiger partial charge in [0.1, 0.15) is 11.4 Å². The summed E-state index contributed by atoms with van der Waals surface area (Å²) in [6.45, 7) is 0. The second-order valence-corrected chi connectivity index (χ2v) is 6.11. The van der Waals surface area contributed by atoms with Crippen LogP contribution in [0.25, 0.3) is 0 Å². The fraction of sp³-hybridized carbons (Fsp3) is 0.150. The first-order valence-electron chi connectivity index (χ1n) is 8.32. The van der Waals surface area contributed by atoms with Crippen molar-refractivity contribution in [2.24, 2.45) is 0 Å². The molecule has 0 spiro atoms. The standard InChI is InChI=1S/C20H14F3N3O3/c1-29-14-8-6-13(7-9-14)17(27)15-16(12-4-2-11(10-24)3-5-12)25-19(28)26-18(15)20(21,22)23/h2-9,16H,1H3,(H2,25,26,28). The molecule has 2 aromatic carbocycles. The number of benzene rings is 2. The molecule has 2 aromatic rings. The summed E-state index contributed by atoms with van der Waals surface area (Å²) in [5, 5.41) is 13.0. The Morgan fingerprint density at radius 2 is 1.72 bits per heavy atom. The van der Waals surface area contributed by atoms with Gasteiger partial charge in [0.2, 0.25) is 0 Å². The van der Waals surface area contributed by atoms with Gasteiger partial charge < -0.3 is 15.4 Å². The number of halogens is 3. The molecule has 29 heavy (non-hydrogen) atoms. The quantitative estimate of drug-likeness (QED) is 0.766. The van der Waals surface area contributed by atoms with Crippen molar-refractivity contribution in [2.75, 3.05) is 7.11 Å². The highest BCUT2D eigenvalue weighted by atomic mass is 19.4. The van der Waals surface area contributed by atoms with Crippen molar-refractivity contribution in [1.82, 2.24) is 10.6 Å². The summed E-state index contributed by atoms with van der Waals surface area (Å²) in [4.78, 5) is 24.9. The van der Waals surface area contributed by atoms with Gasteiger partial charge in [0.25, 0.3) is 0 Å². The monoisotopic (exact) mass is 401 g/mol. The van der Waals surface area contributed by atoms with Gasteiger partial charge in [-0.25, -0.2) is 4.79 Å². The summed E-state index contributed by atoms with van der Waals surface area (Å²) in [6.07, 6.45) is -4.96. The lowest BCUT2D eigenvalue weighted by Gasteiger charge is -2.30. The number of alkyl halides is 3. The van der Waals surface area contributed by atoms with Gasteiger partial charge in [0, 0.05) is 5.56 Å². The van der Waals surface area contributed by atoms with Crippen LogP contribution in [0.4, 0.5) is 18.0 Å². The van der Waals surface area contributed by atoms with E-state index < -0.39 is 35.3 Å². The summed E-state index contributed by atoms with van der Waals surface area (Å²) >= 11 is 0. The molecule has 0 saturated carbocycles. The van der Waals surface area contributed by atoms with Crippen LogP contribution in [0.5, 0.6) is 5.75 Å². The predicted octanol–water partition coefficient (Wildman–Crippen LogP) is 3.62. The summed E-state index contributed by atoms with van der Waals surface area (Å²) in [7, 11) is 1.42. The molecule has 9 heteroatoms. The molecular weight excluding hydrogens is 387 g/mol. The third-order valence-electron chi connectivity index (χ3n) is 4.33. The molecule has 2 N–H and O–H groups in total. The van der Waals surface area contributed by atoms with Crippen LogP contribution < -0.4 is 15.4 Å². The van der Waals surface area contributed by atoms with Crippen molar-refractivity contribution in [3.05, 3.63) is 76.5 Å². The number of Topliss-reactive ketones (excluding diaryl/α,β-unsaturated/α-hetero) is 1. The molecule has 0 aromatic heterocycles. The van der Waals surface area contributed by atoms with Gasteiger partial charge >= 0.3 is 12.2 Å². The Morgan fingerprint density at radius 1 is 1.10 bits per heavy atom. The van der Waals surface area contributed by atoms with Gasteiger partial charge in [-0.2, -0.15) is 18.4 Å². The zero-order valence-electron chi connectivity index (χ0n) is 15.0. The largest absolute Gasteiger partial charge is 0.497 e. The van der Waals surface area contributed by atoms with Gasteiger partial charge in [-0.05, 0) is 42.0 Å². The molecule has 3 rings (SSSR count). The number of nitrogens with one attached hydrogen (secondary N) is 2. The Morgan fingerprint density at radius 3 is 2.24 bits per heavy atom. The number of urea groups is 1. The molecule has 0 radical (unpaired) electrons. The summed E-state index contributed by atoms with van der Waals surface area (Å²) in [5.74, 6) is -0.466. The number of amides is 2. The van der Waals surface area contributed by atoms with Crippen LogP contribution in [0.3, 0.4) is 0 Å². The highest BCUT2D eigenvalue weighted by Crippen LogP contribution is 2.36. The molecule has 0 fully saturated rings. The van der Waals surface area contributed by atoms with Gasteiger partial charge in [-0.3, -0.25) is 4.79 Å². The first-order valence-corrected chi connectivity index (χ1v) is 8.32. The molecule has 2 amide bonds. The lowest BCUT2D eigenvalue weighted by molar-refractivity contribution is -0.0972. The average Bonchev–Trinajstić information content (AvgIpc) is 2.72. The number of ketones is 1. The zero-order valence-corrected chi connectivity index (χ0v) is 15.0. The minimum Gasteiger partial charge on any atom is -0.497 e. The molecular formula is C20H14F3N3O3. The highest BCUT2D eigenvalue weighted by molar-refractivity contribution is 6.11. The number of nitrogens with zero attached hydrogens (tertiary/aromatic N) is 1. The number of nitriles is 1. The maximum atomic E-state index is 13.7. The first-order chi connectivity index (χ1) is 13.7. The van der Waals surface area contributed by atoms with Crippen LogP contribution in [-0.2, 0) is 0 Å². The van der Waals surface area contributed by atoms with Crippen LogP contribution in [0.15, 0.2) is 59.8 Å². The zero-order chi connectivity index (χ0) is 21.2. The third kappa shape index (κ3) is 4.06. The Labute approximate surface area is 163 Å². The molecule has 1 unspecified atom stereocenters. The lowest BCUT2D eigenvalue weighted by atomic mass is 9.89. The minimum absolute atomic E-state index is 0.000793. The Hall–Kier alpha value is -3.80. The van der Waals surface area contributed by atoms with Gasteiger partial charge in [0.15, 0.2) is 5.78 Å². The van der Waals surface area contributed by atoms with E-state index in [0.29, 0.717) is 5.75 Å². The fourth-order valence-electron chi connectivity index (χ4n) is 2.93. The maximum absolute atomic E-state index is 13.7. The molecule has 148 valence electrons. The molecule has 6 nitrogen and oxygen atoms in total. The molecule has 0 bridgehead atoms. The second kappa shape index (κ2) is 7.67. The van der Waals surface area contributed by atoms with E-state index in [1.54, 1.807) is 5.32 Å². The van der Waals surface area contributed by atoms with E-state index in [1.165, 1.54) is 55.6 Å². The molecule has 1 aliphatic heterocycles. The maximum Gasteiger partial charge on any atom is 0.431 e. The number of hydrogen-bond acceptors (Lipinski definition) is 4. The number of rotatable bonds is 4. The number of ether oxygens (including phenoxy) is 1. The van der Waals surface area contributed by atoms with Crippen molar-refractivity contribution < 1.29 is 27.5 Å². The number of allylic oxidation sites excluding steroid dienone is 1. The molecule has 0 aliphatic carbocycles. The van der Waals surface area contributed by atoms with Gasteiger partial charge in [-0.1, -0.05) is 12.1 Å². The van der Waals surface area contributed by atoms with E-state index in [1.807, 2.05) is 6.07 Å². The molecule has 1 aliphatic rings. The summed E-state index contributed by atoms with van der Waals surface area (Å²) < 4.78 is 46.0. The van der Waals surface area contributed by atoms with E-state index >= 15 is 0 Å². The number of carbonyl (C=O) groups excluding carboxylic acids is 2. The smallest absolute Gasteiger partial charge is 0.431 e. The van der Waals surface area contributed by atoms with E-state index in [0.717, 1.165) is 0 Å². The third-order valence-corrected chi connectivity index (χ3v) is 4.33. The predicted molar refractivity (Wildman–Crippen MR) is 96.0 cm³/mol. The van der Waals surface area contributed by atoms with Crippen LogP contribution in [-0.4, -0.2) is 25.1 Å². The molecule has 0 saturated heterocycles. The van der Waals surface area contributed by atoms with E-state index in [4.69, 9.17) is 10.00 Å². The first kappa shape index (κ1) is 19.9. The van der Waals surface area contributed by atoms with Crippen molar-refractivity contribution >= 4 is 11.8 Å². The van der Waals surface area contributed by atoms with Gasteiger partial charge in [-0.15, -0.1) is 0 Å². The Kier molecular flexibility index (Phi) is 5.28. The van der Waals surface area contributed by atoms with Crippen LogP contribution in [0.2, 0.25) is 0 Å². The topological polar surface area (TPSA) is 91.2 Å². The summed E-state index contributed by atoms with van der Waals surface area (Å²) in [6, 6.07) is 10.6. The van der Waals surface area contributed by atoms with Crippen molar-refractivity contribution in [2.45, 2.75) is 12.2 Å². The Balaban J connectivity index is 2.15. The van der Waals surface area contributed by atoms with Crippen LogP contribution in [0.1, 0.15) is 27.5 Å². The number of carbonyl (C=O) groups is 2. The molecule has 1 heterocycles. The lowest BCUT2D eigenvalue weighted by Crippen LogP contribution is -2.49. The fourth-order valence-corrected chi connectivity index (χ4v) is 2.93. The van der Waals surface area contributed by atoms with Crippen molar-refractivity contribution in [1.29, 1.82) is 5.26 Å². The van der Waals surface area contributed by atoms with Crippen LogP contribution in [0, 0.1) is 11.3 Å². The van der Waals surface area contributed by atoms with E-state index in [-0.39, 0.29) is 16.7 Å². The van der Waals surface area contributed by atoms with Crippen molar-refractivity contribution in [3.8, 4) is 11.8 Å². The normalized spacial score (nSPS) is 16.5. The minimum atomic E-state index is -4.96. The second-order valence-electron chi connectivity index (χ2n) is 6.11. The SMILES string of the molecule is COc1ccc(C(=O)C2=C(C(F)(F)F)NC(=O)NC2c2ccc(C#N)cc2)cc1. The van der Waals surface area contributed by atoms with Crippen LogP contribution >= 0.6 is 0 Å². The average molecular weight is 401 g/mol. The Bertz CT molecular complexity index is 1020. The molecule has 1 atom stereocenters. The van der Waals surface area contributed by atoms with E-state index in [2.05, 4.69) is 5.32 Å². The van der Waals surface area contributed by atoms with Gasteiger partial charge in [0.05, 0.1) is 30.4 Å². The van der Waals surface area contributed by atoms with E-state index in [9.17, 15) is 22.8 Å². The highest BCUT2D eigenvalue weighted by Gasteiger charge is 2.45. The number of methoxy groups -OCH3 is 1. The number of hydrogen-bond donors (Lipinski definition) is 2.